The van der Waals surface area contributed by atoms with Crippen LogP contribution in [-0.4, -0.2) is 36.4 Å². The molecule has 0 heterocycles. The second-order valence-electron chi connectivity index (χ2n) is 8.39. The van der Waals surface area contributed by atoms with Crippen molar-refractivity contribution in [2.75, 3.05) is 13.7 Å². The Morgan fingerprint density at radius 2 is 1.58 bits per heavy atom. The molecule has 3 rings (SSSR count). The minimum atomic E-state index is -0.660. The van der Waals surface area contributed by atoms with Gasteiger partial charge in [-0.25, -0.2) is 0 Å². The summed E-state index contributed by atoms with van der Waals surface area (Å²) in [5.74, 6) is 0.243. The zero-order chi connectivity index (χ0) is 23.8. The maximum absolute atomic E-state index is 13.5. The molecule has 33 heavy (non-hydrogen) atoms. The number of nitrogens with one attached hydrogen (secondary N) is 1. The number of amides is 2. The Morgan fingerprint density at radius 1 is 0.879 bits per heavy atom. The molecule has 0 saturated carbocycles. The molecule has 1 unspecified atom stereocenters. The van der Waals surface area contributed by atoms with Crippen LogP contribution in [0.1, 0.15) is 27.8 Å². The van der Waals surface area contributed by atoms with Gasteiger partial charge in [0.25, 0.3) is 5.91 Å². The van der Waals surface area contributed by atoms with Gasteiger partial charge < -0.3 is 15.0 Å². The number of carbonyl (C=O) groups is 2. The lowest BCUT2D eigenvalue weighted by atomic mass is 10.0. The third-order valence-corrected chi connectivity index (χ3v) is 5.65. The number of likely N-dealkylation sites (N-methyl/N-ethyl adjacent to an activating group) is 1. The van der Waals surface area contributed by atoms with Crippen molar-refractivity contribution >= 4 is 11.8 Å². The van der Waals surface area contributed by atoms with Crippen molar-refractivity contribution in [1.29, 1.82) is 0 Å². The molecule has 3 aromatic carbocycles. The molecule has 0 bridgehead atoms. The van der Waals surface area contributed by atoms with Crippen LogP contribution in [0.3, 0.4) is 0 Å². The second kappa shape index (κ2) is 11.3. The molecule has 1 N–H and O–H groups in total. The van der Waals surface area contributed by atoms with Crippen LogP contribution in [0.5, 0.6) is 5.75 Å². The first kappa shape index (κ1) is 24.1. The van der Waals surface area contributed by atoms with Crippen molar-refractivity contribution in [3.05, 3.63) is 101 Å². The van der Waals surface area contributed by atoms with Crippen LogP contribution in [0.4, 0.5) is 0 Å². The van der Waals surface area contributed by atoms with E-state index in [1.54, 1.807) is 11.9 Å². The van der Waals surface area contributed by atoms with Gasteiger partial charge in [0.15, 0.2) is 6.61 Å². The number of nitrogens with zero attached hydrogens (tertiary/aromatic N) is 1. The number of aryl methyl sites for hydroxylation is 3. The van der Waals surface area contributed by atoms with Crippen LogP contribution >= 0.6 is 0 Å². The van der Waals surface area contributed by atoms with Crippen LogP contribution in [0.15, 0.2) is 72.8 Å². The fourth-order valence-electron chi connectivity index (χ4n) is 3.81. The number of benzene rings is 3. The van der Waals surface area contributed by atoms with E-state index < -0.39 is 6.04 Å². The summed E-state index contributed by atoms with van der Waals surface area (Å²) >= 11 is 0. The van der Waals surface area contributed by atoms with Crippen LogP contribution < -0.4 is 10.1 Å². The zero-order valence-electron chi connectivity index (χ0n) is 19.8. The molecule has 0 saturated heterocycles. The van der Waals surface area contributed by atoms with E-state index in [-0.39, 0.29) is 18.4 Å². The fraction of sp³-hybridized carbons (Fsp3) is 0.286. The molecule has 0 aliphatic rings. The molecule has 0 aromatic heterocycles. The van der Waals surface area contributed by atoms with Gasteiger partial charge in [0.05, 0.1) is 0 Å². The van der Waals surface area contributed by atoms with Gasteiger partial charge >= 0.3 is 0 Å². The molecule has 0 aliphatic carbocycles. The summed E-state index contributed by atoms with van der Waals surface area (Å²) in [5, 5.41) is 2.73. The summed E-state index contributed by atoms with van der Waals surface area (Å²) in [4.78, 5) is 28.1. The molecule has 0 aliphatic heterocycles. The summed E-state index contributed by atoms with van der Waals surface area (Å²) in [6, 6.07) is 23.0. The van der Waals surface area contributed by atoms with Gasteiger partial charge in [-0.05, 0) is 49.1 Å². The first-order valence-electron chi connectivity index (χ1n) is 11.2. The monoisotopic (exact) mass is 444 g/mol. The van der Waals surface area contributed by atoms with Crippen LogP contribution in [0.25, 0.3) is 0 Å². The highest BCUT2D eigenvalue weighted by molar-refractivity contribution is 5.88. The van der Waals surface area contributed by atoms with Crippen LogP contribution in [0, 0.1) is 20.8 Å². The lowest BCUT2D eigenvalue weighted by Crippen LogP contribution is -2.51. The van der Waals surface area contributed by atoms with Gasteiger partial charge in [-0.15, -0.1) is 0 Å². The minimum absolute atomic E-state index is 0.140. The molecule has 0 fully saturated rings. The Hall–Kier alpha value is -3.60. The Morgan fingerprint density at radius 3 is 2.27 bits per heavy atom. The van der Waals surface area contributed by atoms with Gasteiger partial charge in [0, 0.05) is 20.0 Å². The molecule has 5 heteroatoms. The van der Waals surface area contributed by atoms with Crippen LogP contribution in [-0.2, 0) is 22.6 Å². The van der Waals surface area contributed by atoms with Crippen LogP contribution in [0.2, 0.25) is 0 Å². The summed E-state index contributed by atoms with van der Waals surface area (Å²) in [5.41, 5.74) is 5.09. The van der Waals surface area contributed by atoms with Gasteiger partial charge in [0.2, 0.25) is 5.91 Å². The average Bonchev–Trinajstić information content (AvgIpc) is 2.82. The summed E-state index contributed by atoms with van der Waals surface area (Å²) in [7, 11) is 1.60. The number of carbonyl (C=O) groups excluding carboxylic acids is 2. The number of rotatable bonds is 9. The molecule has 3 aromatic rings. The summed E-state index contributed by atoms with van der Waals surface area (Å²) in [6.45, 7) is 6.13. The zero-order valence-corrected chi connectivity index (χ0v) is 19.8. The van der Waals surface area contributed by atoms with E-state index in [9.17, 15) is 9.59 Å². The molecular formula is C28H32N2O3. The molecule has 0 radical (unpaired) electrons. The van der Waals surface area contributed by atoms with E-state index in [0.29, 0.717) is 18.7 Å². The third-order valence-electron chi connectivity index (χ3n) is 5.65. The highest BCUT2D eigenvalue weighted by Gasteiger charge is 2.30. The Bertz CT molecular complexity index is 1100. The predicted octanol–water partition coefficient (Wildman–Crippen LogP) is 4.38. The lowest BCUT2D eigenvalue weighted by molar-refractivity contribution is -0.142. The first-order valence-corrected chi connectivity index (χ1v) is 11.2. The van der Waals surface area contributed by atoms with E-state index in [1.165, 1.54) is 0 Å². The Balaban J connectivity index is 1.89. The van der Waals surface area contributed by atoms with Gasteiger partial charge in [0.1, 0.15) is 11.8 Å². The highest BCUT2D eigenvalue weighted by Crippen LogP contribution is 2.20. The molecule has 1 atom stereocenters. The number of ether oxygens (including phenoxy) is 1. The maximum Gasteiger partial charge on any atom is 0.261 e. The van der Waals surface area contributed by atoms with Crippen molar-refractivity contribution in [2.45, 2.75) is 39.8 Å². The molecule has 5 nitrogen and oxygen atoms in total. The normalized spacial score (nSPS) is 11.5. The van der Waals surface area contributed by atoms with E-state index in [1.807, 2.05) is 93.6 Å². The SMILES string of the molecule is CNC(=O)C(Cc1ccccc1)N(Cc1cccc(C)c1)C(=O)COc1cc(C)ccc1C. The second-order valence-corrected chi connectivity index (χ2v) is 8.39. The first-order chi connectivity index (χ1) is 15.9. The molecular weight excluding hydrogens is 412 g/mol. The van der Waals surface area contributed by atoms with Gasteiger partial charge in [-0.2, -0.15) is 0 Å². The van der Waals surface area contributed by atoms with E-state index >= 15 is 0 Å². The van der Waals surface area contributed by atoms with Gasteiger partial charge in [-0.1, -0.05) is 72.3 Å². The molecule has 0 spiro atoms. The maximum atomic E-state index is 13.5. The van der Waals surface area contributed by atoms with Gasteiger partial charge in [-0.3, -0.25) is 9.59 Å². The molecule has 172 valence electrons. The van der Waals surface area contributed by atoms with Crippen molar-refractivity contribution in [1.82, 2.24) is 10.2 Å². The third kappa shape index (κ3) is 6.69. The Kier molecular flexibility index (Phi) is 8.25. The largest absolute Gasteiger partial charge is 0.483 e. The van der Waals surface area contributed by atoms with E-state index in [0.717, 1.165) is 27.8 Å². The average molecular weight is 445 g/mol. The summed E-state index contributed by atoms with van der Waals surface area (Å²) in [6.07, 6.45) is 0.418. The standard InChI is InChI=1S/C28H32N2O3/c1-20-9-8-12-24(15-20)18-30(25(28(32)29-4)17-23-10-6-5-7-11-23)27(31)19-33-26-16-21(2)13-14-22(26)3/h5-16,25H,17-19H2,1-4H3,(H,29,32). The quantitative estimate of drug-likeness (QED) is 0.533. The lowest BCUT2D eigenvalue weighted by Gasteiger charge is -2.31. The van der Waals surface area contributed by atoms with Crippen molar-refractivity contribution in [3.8, 4) is 5.75 Å². The molecule has 2 amide bonds. The Labute approximate surface area is 196 Å². The van der Waals surface area contributed by atoms with E-state index in [2.05, 4.69) is 5.32 Å². The van der Waals surface area contributed by atoms with Crippen molar-refractivity contribution in [2.24, 2.45) is 0 Å². The topological polar surface area (TPSA) is 58.6 Å². The predicted molar refractivity (Wildman–Crippen MR) is 131 cm³/mol. The number of hydrogen-bond donors (Lipinski definition) is 1. The number of hydrogen-bond acceptors (Lipinski definition) is 3. The fourth-order valence-corrected chi connectivity index (χ4v) is 3.81. The van der Waals surface area contributed by atoms with E-state index in [4.69, 9.17) is 4.74 Å². The summed E-state index contributed by atoms with van der Waals surface area (Å²) < 4.78 is 5.91. The van der Waals surface area contributed by atoms with Crippen molar-refractivity contribution in [3.63, 3.8) is 0 Å². The van der Waals surface area contributed by atoms with Crippen molar-refractivity contribution < 1.29 is 14.3 Å². The minimum Gasteiger partial charge on any atom is -0.483 e. The highest BCUT2D eigenvalue weighted by atomic mass is 16.5. The smallest absolute Gasteiger partial charge is 0.261 e.